The maximum absolute atomic E-state index is 12.6. The van der Waals surface area contributed by atoms with Crippen molar-refractivity contribution in [2.45, 2.75) is 19.3 Å². The molecule has 154 valence electrons. The van der Waals surface area contributed by atoms with Crippen LogP contribution in [0.15, 0.2) is 47.5 Å². The minimum atomic E-state index is -4.33. The van der Waals surface area contributed by atoms with E-state index in [-0.39, 0.29) is 24.0 Å². The number of nitrogens with one attached hydrogen (secondary N) is 2. The van der Waals surface area contributed by atoms with Crippen LogP contribution in [0.3, 0.4) is 0 Å². The molecule has 0 aliphatic carbocycles. The summed E-state index contributed by atoms with van der Waals surface area (Å²) in [6.45, 7) is 0.844. The second kappa shape index (κ2) is 11.0. The fourth-order valence-corrected chi connectivity index (χ4v) is 2.39. The Kier molecular flexibility index (Phi) is 9.36. The molecule has 0 spiro atoms. The van der Waals surface area contributed by atoms with Gasteiger partial charge in [0.15, 0.2) is 17.5 Å². The molecule has 0 radical (unpaired) electrons. The molecule has 0 aliphatic rings. The minimum Gasteiger partial charge on any atom is -0.493 e. The summed E-state index contributed by atoms with van der Waals surface area (Å²) in [7, 11) is 4.76. The van der Waals surface area contributed by atoms with Crippen molar-refractivity contribution in [1.82, 2.24) is 10.6 Å². The zero-order chi connectivity index (χ0) is 19.9. The first-order chi connectivity index (χ1) is 12.9. The van der Waals surface area contributed by atoms with Gasteiger partial charge in [-0.2, -0.15) is 13.2 Å². The van der Waals surface area contributed by atoms with Crippen LogP contribution in [0.2, 0.25) is 0 Å². The van der Waals surface area contributed by atoms with E-state index in [0.29, 0.717) is 30.5 Å². The molecule has 0 aromatic heterocycles. The Balaban J connectivity index is 0.00000392. The molecule has 0 aliphatic heterocycles. The molecule has 2 N–H and O–H groups in total. The van der Waals surface area contributed by atoms with Crippen molar-refractivity contribution in [3.63, 3.8) is 0 Å². The van der Waals surface area contributed by atoms with Crippen LogP contribution in [0.5, 0.6) is 11.5 Å². The van der Waals surface area contributed by atoms with E-state index in [1.165, 1.54) is 12.1 Å². The standard InChI is InChI=1S/C19H22F3N3O2.HI/c1-23-18(24-11-13-4-7-15(8-5-13)19(20,21)22)25-12-14-6-9-16(26-2)17(10-14)27-3;/h4-10H,11-12H2,1-3H3,(H2,23,24,25);1H. The highest BCUT2D eigenvalue weighted by Gasteiger charge is 2.29. The Labute approximate surface area is 179 Å². The molecule has 0 saturated carbocycles. The third-order valence-corrected chi connectivity index (χ3v) is 3.87. The summed E-state index contributed by atoms with van der Waals surface area (Å²) in [5, 5.41) is 6.21. The fraction of sp³-hybridized carbons (Fsp3) is 0.316. The van der Waals surface area contributed by atoms with Gasteiger partial charge in [-0.05, 0) is 35.4 Å². The SMILES string of the molecule is CN=C(NCc1ccc(C(F)(F)F)cc1)NCc1ccc(OC)c(OC)c1.I. The average Bonchev–Trinajstić information content (AvgIpc) is 2.67. The molecule has 28 heavy (non-hydrogen) atoms. The first kappa shape index (κ1) is 23.9. The van der Waals surface area contributed by atoms with Crippen molar-refractivity contribution >= 4 is 29.9 Å². The van der Waals surface area contributed by atoms with Gasteiger partial charge in [-0.1, -0.05) is 18.2 Å². The van der Waals surface area contributed by atoms with Crippen LogP contribution in [-0.4, -0.2) is 27.2 Å². The molecule has 2 aromatic carbocycles. The van der Waals surface area contributed by atoms with E-state index < -0.39 is 11.7 Å². The Bertz CT molecular complexity index is 781. The summed E-state index contributed by atoms with van der Waals surface area (Å²) in [6.07, 6.45) is -4.33. The molecule has 0 atom stereocenters. The monoisotopic (exact) mass is 509 g/mol. The lowest BCUT2D eigenvalue weighted by Gasteiger charge is -2.14. The lowest BCUT2D eigenvalue weighted by molar-refractivity contribution is -0.137. The number of guanidine groups is 1. The molecule has 0 saturated heterocycles. The molecule has 2 rings (SSSR count). The van der Waals surface area contributed by atoms with Gasteiger partial charge < -0.3 is 20.1 Å². The van der Waals surface area contributed by atoms with E-state index in [4.69, 9.17) is 9.47 Å². The fourth-order valence-electron chi connectivity index (χ4n) is 2.39. The second-order valence-electron chi connectivity index (χ2n) is 5.66. The maximum Gasteiger partial charge on any atom is 0.416 e. The van der Waals surface area contributed by atoms with Crippen molar-refractivity contribution in [3.8, 4) is 11.5 Å². The number of halogens is 4. The van der Waals surface area contributed by atoms with Gasteiger partial charge in [0, 0.05) is 20.1 Å². The van der Waals surface area contributed by atoms with E-state index in [2.05, 4.69) is 15.6 Å². The molecular weight excluding hydrogens is 486 g/mol. The molecule has 9 heteroatoms. The number of methoxy groups -OCH3 is 2. The molecule has 0 unspecified atom stereocenters. The van der Waals surface area contributed by atoms with E-state index in [9.17, 15) is 13.2 Å². The molecular formula is C19H23F3IN3O2. The first-order valence-corrected chi connectivity index (χ1v) is 8.19. The van der Waals surface area contributed by atoms with Gasteiger partial charge in [-0.15, -0.1) is 24.0 Å². The number of hydrogen-bond donors (Lipinski definition) is 2. The van der Waals surface area contributed by atoms with E-state index in [1.54, 1.807) is 21.3 Å². The van der Waals surface area contributed by atoms with Crippen molar-refractivity contribution < 1.29 is 22.6 Å². The highest BCUT2D eigenvalue weighted by molar-refractivity contribution is 14.0. The van der Waals surface area contributed by atoms with Gasteiger partial charge in [-0.3, -0.25) is 4.99 Å². The third kappa shape index (κ3) is 6.77. The smallest absolute Gasteiger partial charge is 0.416 e. The summed E-state index contributed by atoms with van der Waals surface area (Å²) in [5.41, 5.74) is 1.02. The number of alkyl halides is 3. The largest absolute Gasteiger partial charge is 0.493 e. The predicted molar refractivity (Wildman–Crippen MR) is 113 cm³/mol. The molecule has 0 bridgehead atoms. The summed E-state index contributed by atoms with van der Waals surface area (Å²) >= 11 is 0. The minimum absolute atomic E-state index is 0. The van der Waals surface area contributed by atoms with Crippen LogP contribution in [-0.2, 0) is 19.3 Å². The highest BCUT2D eigenvalue weighted by atomic mass is 127. The number of rotatable bonds is 6. The Morgan fingerprint density at radius 2 is 1.43 bits per heavy atom. The van der Waals surface area contributed by atoms with Gasteiger partial charge in [0.1, 0.15) is 0 Å². The van der Waals surface area contributed by atoms with Crippen molar-refractivity contribution in [1.29, 1.82) is 0 Å². The molecule has 0 fully saturated rings. The van der Waals surface area contributed by atoms with Crippen LogP contribution in [0.1, 0.15) is 16.7 Å². The van der Waals surface area contributed by atoms with Crippen LogP contribution < -0.4 is 20.1 Å². The average molecular weight is 509 g/mol. The van der Waals surface area contributed by atoms with Gasteiger partial charge in [0.25, 0.3) is 0 Å². The van der Waals surface area contributed by atoms with Crippen molar-refractivity contribution in [3.05, 3.63) is 59.2 Å². The predicted octanol–water partition coefficient (Wildman–Crippen LogP) is 4.21. The first-order valence-electron chi connectivity index (χ1n) is 8.19. The number of benzene rings is 2. The van der Waals surface area contributed by atoms with Gasteiger partial charge in [0.2, 0.25) is 0 Å². The van der Waals surface area contributed by atoms with E-state index >= 15 is 0 Å². The third-order valence-electron chi connectivity index (χ3n) is 3.87. The molecule has 0 heterocycles. The van der Waals surface area contributed by atoms with Crippen LogP contribution >= 0.6 is 24.0 Å². The quantitative estimate of drug-likeness (QED) is 0.348. The Morgan fingerprint density at radius 3 is 1.93 bits per heavy atom. The summed E-state index contributed by atoms with van der Waals surface area (Å²) in [6, 6.07) is 10.6. The zero-order valence-electron chi connectivity index (χ0n) is 15.8. The summed E-state index contributed by atoms with van der Waals surface area (Å²) in [5.74, 6) is 1.81. The van der Waals surface area contributed by atoms with Gasteiger partial charge in [-0.25, -0.2) is 0 Å². The Hall–Kier alpha value is -2.17. The Morgan fingerprint density at radius 1 is 0.893 bits per heavy atom. The summed E-state index contributed by atoms with van der Waals surface area (Å²) < 4.78 is 48.2. The zero-order valence-corrected chi connectivity index (χ0v) is 18.1. The molecule has 2 aromatic rings. The van der Waals surface area contributed by atoms with Crippen molar-refractivity contribution in [2.24, 2.45) is 4.99 Å². The van der Waals surface area contributed by atoms with Crippen LogP contribution in [0.25, 0.3) is 0 Å². The normalized spacial score (nSPS) is 11.4. The highest BCUT2D eigenvalue weighted by Crippen LogP contribution is 2.29. The topological polar surface area (TPSA) is 54.9 Å². The number of hydrogen-bond acceptors (Lipinski definition) is 3. The van der Waals surface area contributed by atoms with E-state index in [0.717, 1.165) is 23.3 Å². The second-order valence-corrected chi connectivity index (χ2v) is 5.66. The van der Waals surface area contributed by atoms with Crippen molar-refractivity contribution in [2.75, 3.05) is 21.3 Å². The lowest BCUT2D eigenvalue weighted by Crippen LogP contribution is -2.36. The number of nitrogens with zero attached hydrogens (tertiary/aromatic N) is 1. The lowest BCUT2D eigenvalue weighted by atomic mass is 10.1. The number of ether oxygens (including phenoxy) is 2. The number of aliphatic imine (C=N–C) groups is 1. The maximum atomic E-state index is 12.6. The summed E-state index contributed by atoms with van der Waals surface area (Å²) in [4.78, 5) is 4.11. The molecule has 5 nitrogen and oxygen atoms in total. The van der Waals surface area contributed by atoms with Crippen LogP contribution in [0.4, 0.5) is 13.2 Å². The van der Waals surface area contributed by atoms with Gasteiger partial charge >= 0.3 is 6.18 Å². The van der Waals surface area contributed by atoms with E-state index in [1.807, 2.05) is 18.2 Å². The molecule has 0 amide bonds. The van der Waals surface area contributed by atoms with Gasteiger partial charge in [0.05, 0.1) is 19.8 Å². The van der Waals surface area contributed by atoms with Crippen LogP contribution in [0, 0.1) is 0 Å².